The van der Waals surface area contributed by atoms with E-state index in [2.05, 4.69) is 0 Å². The quantitative estimate of drug-likeness (QED) is 0.550. The van der Waals surface area contributed by atoms with Gasteiger partial charge in [-0.25, -0.2) is 0 Å². The first-order valence-corrected chi connectivity index (χ1v) is 2.66. The number of rotatable bonds is 1. The minimum Gasteiger partial charge on any atom is -0.390 e. The van der Waals surface area contributed by atoms with Crippen molar-refractivity contribution in [1.29, 1.82) is 0 Å². The van der Waals surface area contributed by atoms with Gasteiger partial charge in [0.05, 0.1) is 18.8 Å². The molecule has 0 atom stereocenters. The van der Waals surface area contributed by atoms with E-state index in [4.69, 9.17) is 5.11 Å². The number of nitrogens with zero attached hydrogens (tertiary/aromatic N) is 1. The minimum atomic E-state index is -2.63. The van der Waals surface area contributed by atoms with Gasteiger partial charge in [0.25, 0.3) is 0 Å². The van der Waals surface area contributed by atoms with Crippen LogP contribution < -0.4 is 0 Å². The molecule has 1 saturated heterocycles. The highest BCUT2D eigenvalue weighted by Gasteiger charge is 2.62. The van der Waals surface area contributed by atoms with E-state index in [9.17, 15) is 8.78 Å². The summed E-state index contributed by atoms with van der Waals surface area (Å²) in [6.45, 7) is -0.469. The van der Waals surface area contributed by atoms with Crippen molar-refractivity contribution in [3.8, 4) is 0 Å². The Hall–Kier alpha value is -0.640. The summed E-state index contributed by atoms with van der Waals surface area (Å²) in [6, 6.07) is 0. The van der Waals surface area contributed by atoms with Gasteiger partial charge < -0.3 is 10.0 Å². The molecule has 4 heteroatoms. The Balaban J connectivity index is 2.18. The molecule has 2 aliphatic heterocycles. The smallest absolute Gasteiger partial charge is 0.307 e. The molecule has 0 aromatic heterocycles. The molecule has 2 rings (SSSR count). The Morgan fingerprint density at radius 2 is 2.33 bits per heavy atom. The van der Waals surface area contributed by atoms with Crippen LogP contribution in [0.3, 0.4) is 0 Å². The van der Waals surface area contributed by atoms with Gasteiger partial charge in [0.15, 0.2) is 0 Å². The van der Waals surface area contributed by atoms with Crippen LogP contribution in [0.5, 0.6) is 0 Å². The summed E-state index contributed by atoms with van der Waals surface area (Å²) in [6.07, 6.45) is 0. The van der Waals surface area contributed by atoms with Crippen LogP contribution in [0.25, 0.3) is 0 Å². The second kappa shape index (κ2) is 1.11. The van der Waals surface area contributed by atoms with Crippen molar-refractivity contribution in [2.45, 2.75) is 5.92 Å². The monoisotopic (exact) mass is 133 g/mol. The van der Waals surface area contributed by atoms with Crippen molar-refractivity contribution in [3.63, 3.8) is 0 Å². The fourth-order valence-corrected chi connectivity index (χ4v) is 1.16. The van der Waals surface area contributed by atoms with Gasteiger partial charge in [-0.1, -0.05) is 0 Å². The van der Waals surface area contributed by atoms with Crippen LogP contribution in [0.1, 0.15) is 0 Å². The zero-order valence-electron chi connectivity index (χ0n) is 4.56. The van der Waals surface area contributed by atoms with E-state index < -0.39 is 5.92 Å². The zero-order chi connectivity index (χ0) is 6.65. The standard InChI is InChI=1S/C5H5F2NO/c6-5(7)2-8-3(1-9)4(5)8/h9H,1-2H2. The van der Waals surface area contributed by atoms with E-state index in [0.29, 0.717) is 5.70 Å². The van der Waals surface area contributed by atoms with Gasteiger partial charge in [-0.2, -0.15) is 8.78 Å². The SMILES string of the molecule is OCC1=C2N1CC2(F)F. The molecule has 0 aromatic rings. The number of aliphatic hydroxyl groups excluding tert-OH is 1. The average Bonchev–Trinajstić information content (AvgIpc) is 2.37. The summed E-state index contributed by atoms with van der Waals surface area (Å²) in [4.78, 5) is 1.43. The molecule has 50 valence electrons. The fourth-order valence-electron chi connectivity index (χ4n) is 1.16. The van der Waals surface area contributed by atoms with E-state index in [0.717, 1.165) is 0 Å². The topological polar surface area (TPSA) is 23.2 Å². The average molecular weight is 133 g/mol. The molecule has 2 heterocycles. The Kier molecular flexibility index (Phi) is 0.639. The van der Waals surface area contributed by atoms with Crippen LogP contribution in [0.15, 0.2) is 11.4 Å². The first-order valence-electron chi connectivity index (χ1n) is 2.66. The predicted molar refractivity (Wildman–Crippen MR) is 25.8 cm³/mol. The molecule has 1 fully saturated rings. The van der Waals surface area contributed by atoms with Gasteiger partial charge in [-0.3, -0.25) is 0 Å². The van der Waals surface area contributed by atoms with Crippen molar-refractivity contribution in [3.05, 3.63) is 11.4 Å². The largest absolute Gasteiger partial charge is 0.390 e. The van der Waals surface area contributed by atoms with Crippen LogP contribution >= 0.6 is 0 Å². The number of aliphatic hydroxyl groups is 1. The maximum absolute atomic E-state index is 12.2. The molecular weight excluding hydrogens is 128 g/mol. The predicted octanol–water partition coefficient (Wildman–Crippen LogP) is 0.155. The van der Waals surface area contributed by atoms with Crippen LogP contribution in [-0.4, -0.2) is 29.1 Å². The van der Waals surface area contributed by atoms with Gasteiger partial charge >= 0.3 is 5.92 Å². The maximum Gasteiger partial charge on any atom is 0.307 e. The first-order chi connectivity index (χ1) is 4.17. The third kappa shape index (κ3) is 0.423. The number of halogens is 2. The van der Waals surface area contributed by atoms with Crippen molar-refractivity contribution in [1.82, 2.24) is 4.90 Å². The summed E-state index contributed by atoms with van der Waals surface area (Å²) in [5, 5.41) is 8.39. The third-order valence-electron chi connectivity index (χ3n) is 1.67. The molecule has 2 aliphatic rings. The molecule has 9 heavy (non-hydrogen) atoms. The third-order valence-corrected chi connectivity index (χ3v) is 1.67. The van der Waals surface area contributed by atoms with E-state index >= 15 is 0 Å². The maximum atomic E-state index is 12.2. The van der Waals surface area contributed by atoms with Crippen LogP contribution in [0.4, 0.5) is 8.78 Å². The molecule has 0 spiro atoms. The van der Waals surface area contributed by atoms with Crippen LogP contribution in [0, 0.1) is 0 Å². The van der Waals surface area contributed by atoms with E-state index in [1.54, 1.807) is 0 Å². The molecule has 0 amide bonds. The lowest BCUT2D eigenvalue weighted by Crippen LogP contribution is -2.39. The minimum absolute atomic E-state index is 0.0463. The van der Waals surface area contributed by atoms with Crippen LogP contribution in [-0.2, 0) is 0 Å². The summed E-state index contributed by atoms with van der Waals surface area (Å²) < 4.78 is 24.4. The molecule has 0 saturated carbocycles. The molecule has 0 aliphatic carbocycles. The Morgan fingerprint density at radius 1 is 1.67 bits per heavy atom. The molecule has 0 radical (unpaired) electrons. The van der Waals surface area contributed by atoms with Crippen molar-refractivity contribution in [2.75, 3.05) is 13.2 Å². The number of hydrogen-bond acceptors (Lipinski definition) is 2. The summed E-state index contributed by atoms with van der Waals surface area (Å²) in [5.74, 6) is -2.63. The van der Waals surface area contributed by atoms with Gasteiger partial charge in [-0.05, 0) is 0 Å². The highest BCUT2D eigenvalue weighted by molar-refractivity contribution is 5.46. The molecule has 0 bridgehead atoms. The Bertz CT molecular complexity index is 199. The fraction of sp³-hybridized carbons (Fsp3) is 0.600. The lowest BCUT2D eigenvalue weighted by molar-refractivity contribution is -0.0270. The molecule has 0 aromatic carbocycles. The molecule has 0 unspecified atom stereocenters. The Labute approximate surface area is 50.4 Å². The highest BCUT2D eigenvalue weighted by atomic mass is 19.3. The summed E-state index contributed by atoms with van der Waals surface area (Å²) >= 11 is 0. The number of hydrogen-bond donors (Lipinski definition) is 1. The Morgan fingerprint density at radius 3 is 2.44 bits per heavy atom. The van der Waals surface area contributed by atoms with Gasteiger partial charge in [0.2, 0.25) is 0 Å². The van der Waals surface area contributed by atoms with Crippen molar-refractivity contribution < 1.29 is 13.9 Å². The van der Waals surface area contributed by atoms with E-state index in [1.165, 1.54) is 4.90 Å². The highest BCUT2D eigenvalue weighted by Crippen LogP contribution is 2.53. The second-order valence-corrected chi connectivity index (χ2v) is 2.24. The van der Waals surface area contributed by atoms with Crippen molar-refractivity contribution >= 4 is 0 Å². The summed E-state index contributed by atoms with van der Waals surface area (Å²) in [7, 11) is 0. The van der Waals surface area contributed by atoms with Gasteiger partial charge in [-0.15, -0.1) is 0 Å². The van der Waals surface area contributed by atoms with E-state index in [1.807, 2.05) is 0 Å². The second-order valence-electron chi connectivity index (χ2n) is 2.24. The van der Waals surface area contributed by atoms with E-state index in [-0.39, 0.29) is 18.8 Å². The lowest BCUT2D eigenvalue weighted by atomic mass is 10.2. The normalized spacial score (nSPS) is 27.7. The lowest BCUT2D eigenvalue weighted by Gasteiger charge is -2.25. The molecular formula is C5H5F2NO. The number of alkyl halides is 2. The summed E-state index contributed by atoms with van der Waals surface area (Å²) in [5.41, 5.74) is 0.463. The zero-order valence-corrected chi connectivity index (χ0v) is 4.56. The number of fused-ring (bicyclic) bond motifs is 1. The van der Waals surface area contributed by atoms with Crippen molar-refractivity contribution in [2.24, 2.45) is 0 Å². The van der Waals surface area contributed by atoms with Crippen LogP contribution in [0.2, 0.25) is 0 Å². The first kappa shape index (κ1) is 5.17. The molecule has 1 N–H and O–H groups in total. The van der Waals surface area contributed by atoms with Gasteiger partial charge in [0.1, 0.15) is 5.70 Å². The molecule has 2 nitrogen and oxygen atoms in total. The van der Waals surface area contributed by atoms with Gasteiger partial charge in [0, 0.05) is 0 Å².